The molecule has 1 aromatic carbocycles. The topological polar surface area (TPSA) is 90.5 Å². The van der Waals surface area contributed by atoms with Crippen molar-refractivity contribution in [3.05, 3.63) is 36.4 Å². The van der Waals surface area contributed by atoms with E-state index in [0.29, 0.717) is 5.82 Å². The van der Waals surface area contributed by atoms with Crippen LogP contribution < -0.4 is 14.9 Å². The lowest BCUT2D eigenvalue weighted by Gasteiger charge is -2.34. The molecule has 0 bridgehead atoms. The van der Waals surface area contributed by atoms with E-state index in [0.717, 1.165) is 38.1 Å². The predicted octanol–water partition coefficient (Wildman–Crippen LogP) is 1.34. The average molecular weight is 362 g/mol. The highest BCUT2D eigenvalue weighted by molar-refractivity contribution is 7.92. The van der Waals surface area contributed by atoms with Gasteiger partial charge < -0.3 is 15.1 Å². The van der Waals surface area contributed by atoms with Gasteiger partial charge in [-0.3, -0.25) is 4.72 Å². The molecule has 0 atom stereocenters. The Morgan fingerprint density at radius 3 is 2.08 bits per heavy atom. The molecule has 2 aromatic rings. The van der Waals surface area contributed by atoms with Crippen LogP contribution in [0.15, 0.2) is 36.4 Å². The Morgan fingerprint density at radius 2 is 1.52 bits per heavy atom. The third-order valence-electron chi connectivity index (χ3n) is 3.96. The summed E-state index contributed by atoms with van der Waals surface area (Å²) in [6, 6.07) is 11.4. The summed E-state index contributed by atoms with van der Waals surface area (Å²) >= 11 is 0. The van der Waals surface area contributed by atoms with Crippen LogP contribution in [0.2, 0.25) is 0 Å². The van der Waals surface area contributed by atoms with Gasteiger partial charge in [-0.25, -0.2) is 8.42 Å². The number of likely N-dealkylation sites (N-methyl/N-ethyl adjacent to an activating group) is 1. The molecule has 1 saturated heterocycles. The molecule has 25 heavy (non-hydrogen) atoms. The Labute approximate surface area is 147 Å². The monoisotopic (exact) mass is 362 g/mol. The predicted molar refractivity (Wildman–Crippen MR) is 99.9 cm³/mol. The van der Waals surface area contributed by atoms with Crippen molar-refractivity contribution in [1.29, 1.82) is 0 Å². The van der Waals surface area contributed by atoms with Gasteiger partial charge in [-0.2, -0.15) is 0 Å². The van der Waals surface area contributed by atoms with Crippen LogP contribution in [-0.2, 0) is 10.0 Å². The van der Waals surface area contributed by atoms with Gasteiger partial charge in [-0.05, 0) is 43.4 Å². The van der Waals surface area contributed by atoms with Crippen molar-refractivity contribution in [2.45, 2.75) is 0 Å². The molecule has 134 valence electrons. The maximum atomic E-state index is 11.2. The van der Waals surface area contributed by atoms with Crippen molar-refractivity contribution in [3.63, 3.8) is 0 Å². The first-order chi connectivity index (χ1) is 11.9. The summed E-state index contributed by atoms with van der Waals surface area (Å²) in [5.74, 6) is 0.741. The van der Waals surface area contributed by atoms with Crippen molar-refractivity contribution in [3.8, 4) is 0 Å². The second-order valence-corrected chi connectivity index (χ2v) is 7.89. The molecule has 3 rings (SSSR count). The number of nitrogens with one attached hydrogen (secondary N) is 2. The van der Waals surface area contributed by atoms with Crippen molar-refractivity contribution < 1.29 is 8.42 Å². The molecule has 2 N–H and O–H groups in total. The Morgan fingerprint density at radius 1 is 0.920 bits per heavy atom. The van der Waals surface area contributed by atoms with Gasteiger partial charge in [0.15, 0.2) is 11.6 Å². The molecular formula is C16H22N6O2S. The van der Waals surface area contributed by atoms with Gasteiger partial charge in [0.05, 0.1) is 6.26 Å². The molecule has 1 aromatic heterocycles. The van der Waals surface area contributed by atoms with Crippen LogP contribution in [0.4, 0.5) is 23.0 Å². The van der Waals surface area contributed by atoms with E-state index in [4.69, 9.17) is 0 Å². The number of hydrogen-bond donors (Lipinski definition) is 2. The summed E-state index contributed by atoms with van der Waals surface area (Å²) in [7, 11) is -1.21. The Balaban J connectivity index is 1.61. The minimum absolute atomic E-state index is 0.193. The third kappa shape index (κ3) is 5.04. The third-order valence-corrected chi connectivity index (χ3v) is 4.54. The van der Waals surface area contributed by atoms with Crippen molar-refractivity contribution >= 4 is 33.0 Å². The summed E-state index contributed by atoms with van der Waals surface area (Å²) in [6.07, 6.45) is 1.07. The van der Waals surface area contributed by atoms with Gasteiger partial charge in [0, 0.05) is 37.6 Å². The van der Waals surface area contributed by atoms with Crippen LogP contribution >= 0.6 is 0 Å². The number of anilines is 4. The van der Waals surface area contributed by atoms with Crippen molar-refractivity contribution in [1.82, 2.24) is 15.1 Å². The largest absolute Gasteiger partial charge is 0.369 e. The molecule has 0 saturated carbocycles. The van der Waals surface area contributed by atoms with Crippen LogP contribution in [-0.4, -0.2) is 63.0 Å². The second-order valence-electron chi connectivity index (χ2n) is 6.14. The molecule has 0 radical (unpaired) electrons. The first kappa shape index (κ1) is 17.4. The molecule has 2 heterocycles. The number of sulfonamides is 1. The maximum absolute atomic E-state index is 11.2. The fourth-order valence-electron chi connectivity index (χ4n) is 2.61. The zero-order chi connectivity index (χ0) is 17.9. The van der Waals surface area contributed by atoms with E-state index >= 15 is 0 Å². The summed E-state index contributed by atoms with van der Waals surface area (Å²) in [5, 5.41) is 11.0. The molecule has 1 fully saturated rings. The number of benzene rings is 1. The van der Waals surface area contributed by atoms with Crippen LogP contribution in [0.3, 0.4) is 0 Å². The number of rotatable bonds is 5. The second kappa shape index (κ2) is 7.24. The zero-order valence-electron chi connectivity index (χ0n) is 14.3. The molecular weight excluding hydrogens is 340 g/mol. The lowest BCUT2D eigenvalue weighted by atomic mass is 10.2. The van der Waals surface area contributed by atoms with E-state index in [2.05, 4.69) is 49.2 Å². The zero-order valence-corrected chi connectivity index (χ0v) is 15.1. The summed E-state index contributed by atoms with van der Waals surface area (Å²) in [4.78, 5) is 4.70. The van der Waals surface area contributed by atoms with E-state index in [9.17, 15) is 8.42 Å². The summed E-state index contributed by atoms with van der Waals surface area (Å²) in [5.41, 5.74) is 2.11. The molecule has 0 spiro atoms. The highest BCUT2D eigenvalue weighted by Crippen LogP contribution is 2.21. The van der Waals surface area contributed by atoms with Crippen LogP contribution in [0.5, 0.6) is 0 Å². The van der Waals surface area contributed by atoms with Gasteiger partial charge in [0.25, 0.3) is 0 Å². The SMILES string of the molecule is CN1CCN(c2ccc(Nc3ccc(NS(C)(=O)=O)nn3)cc2)CC1. The van der Waals surface area contributed by atoms with Crippen molar-refractivity contribution in [2.24, 2.45) is 0 Å². The number of piperazine rings is 1. The molecule has 1 aliphatic rings. The fraction of sp³-hybridized carbons (Fsp3) is 0.375. The van der Waals surface area contributed by atoms with Gasteiger partial charge in [0.1, 0.15) is 0 Å². The Bertz CT molecular complexity index is 800. The molecule has 0 aliphatic carbocycles. The Hall–Kier alpha value is -2.39. The first-order valence-electron chi connectivity index (χ1n) is 8.01. The molecule has 1 aliphatic heterocycles. The van der Waals surface area contributed by atoms with Crippen LogP contribution in [0.1, 0.15) is 0 Å². The number of hydrogen-bond acceptors (Lipinski definition) is 7. The standard InChI is InChI=1S/C16H22N6O2S/c1-21-9-11-22(12-10-21)14-5-3-13(4-6-14)17-15-7-8-16(19-18-15)20-25(2,23)24/h3-8H,9-12H2,1-2H3,(H,17,18)(H,19,20). The molecule has 0 unspecified atom stereocenters. The van der Waals surface area contributed by atoms with Crippen molar-refractivity contribution in [2.75, 3.05) is 54.4 Å². The van der Waals surface area contributed by atoms with Gasteiger partial charge in [-0.1, -0.05) is 0 Å². The van der Waals surface area contributed by atoms with Crippen LogP contribution in [0, 0.1) is 0 Å². The van der Waals surface area contributed by atoms with E-state index in [-0.39, 0.29) is 5.82 Å². The first-order valence-corrected chi connectivity index (χ1v) is 9.90. The lowest BCUT2D eigenvalue weighted by molar-refractivity contribution is 0.313. The van der Waals surface area contributed by atoms with Gasteiger partial charge in [-0.15, -0.1) is 10.2 Å². The average Bonchev–Trinajstić information content (AvgIpc) is 2.57. The fourth-order valence-corrected chi connectivity index (χ4v) is 3.10. The summed E-state index contributed by atoms with van der Waals surface area (Å²) in [6.45, 7) is 4.21. The quantitative estimate of drug-likeness (QED) is 0.829. The highest BCUT2D eigenvalue weighted by Gasteiger charge is 2.14. The van der Waals surface area contributed by atoms with Crippen LogP contribution in [0.25, 0.3) is 0 Å². The van der Waals surface area contributed by atoms with E-state index in [1.54, 1.807) is 12.1 Å². The maximum Gasteiger partial charge on any atom is 0.231 e. The normalized spacial score (nSPS) is 15.8. The van der Waals surface area contributed by atoms with E-state index < -0.39 is 10.0 Å². The molecule has 0 amide bonds. The van der Waals surface area contributed by atoms with Gasteiger partial charge >= 0.3 is 0 Å². The summed E-state index contributed by atoms with van der Waals surface area (Å²) < 4.78 is 24.6. The molecule has 9 heteroatoms. The smallest absolute Gasteiger partial charge is 0.231 e. The van der Waals surface area contributed by atoms with Gasteiger partial charge in [0.2, 0.25) is 10.0 Å². The number of aromatic nitrogens is 2. The lowest BCUT2D eigenvalue weighted by Crippen LogP contribution is -2.44. The Kier molecular flexibility index (Phi) is 5.05. The van der Waals surface area contributed by atoms with E-state index in [1.165, 1.54) is 5.69 Å². The minimum atomic E-state index is -3.35. The highest BCUT2D eigenvalue weighted by atomic mass is 32.2. The minimum Gasteiger partial charge on any atom is -0.369 e. The number of nitrogens with zero attached hydrogens (tertiary/aromatic N) is 4. The van der Waals surface area contributed by atoms with E-state index in [1.807, 2.05) is 12.1 Å². The molecule has 8 nitrogen and oxygen atoms in total.